The van der Waals surface area contributed by atoms with Gasteiger partial charge in [0.1, 0.15) is 18.1 Å². The summed E-state index contributed by atoms with van der Waals surface area (Å²) in [5.74, 6) is 1.43. The second-order valence-corrected chi connectivity index (χ2v) is 4.83. The lowest BCUT2D eigenvalue weighted by Crippen LogP contribution is -2.17. The molecular weight excluding hydrogens is 214 g/mol. The van der Waals surface area contributed by atoms with Crippen LogP contribution in [0.4, 0.5) is 0 Å². The van der Waals surface area contributed by atoms with Crippen molar-refractivity contribution in [2.24, 2.45) is 0 Å². The Labute approximate surface area is 103 Å². The van der Waals surface area contributed by atoms with Crippen LogP contribution >= 0.6 is 0 Å². The Morgan fingerprint density at radius 2 is 2.18 bits per heavy atom. The average molecular weight is 235 g/mol. The molecule has 3 nitrogen and oxygen atoms in total. The zero-order chi connectivity index (χ0) is 12.4. The van der Waals surface area contributed by atoms with Crippen molar-refractivity contribution in [2.75, 3.05) is 13.7 Å². The third-order valence-corrected chi connectivity index (χ3v) is 3.23. The molecule has 1 aromatic rings. The zero-order valence-corrected chi connectivity index (χ0v) is 11.0. The molecule has 1 N–H and O–H groups in total. The number of benzene rings is 1. The molecule has 0 amide bonds. The van der Waals surface area contributed by atoms with Gasteiger partial charge in [-0.05, 0) is 30.5 Å². The van der Waals surface area contributed by atoms with Crippen molar-refractivity contribution >= 4 is 0 Å². The molecule has 1 aliphatic heterocycles. The van der Waals surface area contributed by atoms with Gasteiger partial charge in [-0.15, -0.1) is 0 Å². The van der Waals surface area contributed by atoms with E-state index in [1.807, 2.05) is 13.0 Å². The SMILES string of the molecule is COc1ccc(C(C)C)cc1C1CNC(C)O1. The Hall–Kier alpha value is -1.06. The van der Waals surface area contributed by atoms with Crippen molar-refractivity contribution in [1.82, 2.24) is 5.32 Å². The minimum atomic E-state index is 0.0960. The highest BCUT2D eigenvalue weighted by Gasteiger charge is 2.25. The van der Waals surface area contributed by atoms with E-state index in [1.165, 1.54) is 5.56 Å². The molecule has 2 rings (SSSR count). The lowest BCUT2D eigenvalue weighted by molar-refractivity contribution is 0.0515. The number of hydrogen-bond donors (Lipinski definition) is 1. The van der Waals surface area contributed by atoms with Crippen molar-refractivity contribution in [2.45, 2.75) is 39.0 Å². The van der Waals surface area contributed by atoms with Crippen LogP contribution in [0.5, 0.6) is 5.75 Å². The molecule has 17 heavy (non-hydrogen) atoms. The molecule has 0 radical (unpaired) electrons. The van der Waals surface area contributed by atoms with Crippen LogP contribution < -0.4 is 10.1 Å². The number of hydrogen-bond acceptors (Lipinski definition) is 3. The van der Waals surface area contributed by atoms with Gasteiger partial charge in [-0.25, -0.2) is 0 Å². The second kappa shape index (κ2) is 5.07. The van der Waals surface area contributed by atoms with Crippen molar-refractivity contribution in [3.8, 4) is 5.75 Å². The van der Waals surface area contributed by atoms with E-state index in [1.54, 1.807) is 7.11 Å². The van der Waals surface area contributed by atoms with Gasteiger partial charge in [0, 0.05) is 12.1 Å². The van der Waals surface area contributed by atoms with E-state index in [9.17, 15) is 0 Å². The van der Waals surface area contributed by atoms with Gasteiger partial charge in [0.15, 0.2) is 0 Å². The topological polar surface area (TPSA) is 30.5 Å². The molecule has 0 aromatic heterocycles. The van der Waals surface area contributed by atoms with Crippen LogP contribution in [0, 0.1) is 0 Å². The van der Waals surface area contributed by atoms with E-state index in [2.05, 4.69) is 31.3 Å². The summed E-state index contributed by atoms with van der Waals surface area (Å²) in [5, 5.41) is 3.29. The van der Waals surface area contributed by atoms with Crippen LogP contribution in [0.1, 0.15) is 43.9 Å². The first-order chi connectivity index (χ1) is 8.11. The fourth-order valence-electron chi connectivity index (χ4n) is 2.16. The fourth-order valence-corrected chi connectivity index (χ4v) is 2.16. The summed E-state index contributed by atoms with van der Waals surface area (Å²) in [7, 11) is 1.71. The van der Waals surface area contributed by atoms with E-state index < -0.39 is 0 Å². The van der Waals surface area contributed by atoms with Gasteiger partial charge in [-0.2, -0.15) is 0 Å². The lowest BCUT2D eigenvalue weighted by atomic mass is 9.98. The largest absolute Gasteiger partial charge is 0.496 e. The molecule has 0 aliphatic carbocycles. The third-order valence-electron chi connectivity index (χ3n) is 3.23. The lowest BCUT2D eigenvalue weighted by Gasteiger charge is -2.17. The predicted octanol–water partition coefficient (Wildman–Crippen LogP) is 2.83. The second-order valence-electron chi connectivity index (χ2n) is 4.83. The van der Waals surface area contributed by atoms with E-state index in [0.717, 1.165) is 17.9 Å². The highest BCUT2D eigenvalue weighted by Crippen LogP contribution is 2.33. The number of ether oxygens (including phenoxy) is 2. The first-order valence-corrected chi connectivity index (χ1v) is 6.18. The number of nitrogens with one attached hydrogen (secondary N) is 1. The van der Waals surface area contributed by atoms with Gasteiger partial charge in [-0.1, -0.05) is 19.9 Å². The molecule has 3 heteroatoms. The van der Waals surface area contributed by atoms with E-state index >= 15 is 0 Å². The molecule has 2 unspecified atom stereocenters. The molecule has 1 aromatic carbocycles. The minimum absolute atomic E-state index is 0.0960. The van der Waals surface area contributed by atoms with Crippen LogP contribution in [0.25, 0.3) is 0 Å². The smallest absolute Gasteiger partial charge is 0.124 e. The van der Waals surface area contributed by atoms with Gasteiger partial charge in [-0.3, -0.25) is 5.32 Å². The molecule has 1 saturated heterocycles. The normalized spacial score (nSPS) is 24.3. The van der Waals surface area contributed by atoms with Crippen LogP contribution in [0.3, 0.4) is 0 Å². The highest BCUT2D eigenvalue weighted by molar-refractivity contribution is 5.40. The Kier molecular flexibility index (Phi) is 3.69. The zero-order valence-electron chi connectivity index (χ0n) is 11.0. The monoisotopic (exact) mass is 235 g/mol. The minimum Gasteiger partial charge on any atom is -0.496 e. The summed E-state index contributed by atoms with van der Waals surface area (Å²) < 4.78 is 11.3. The maximum Gasteiger partial charge on any atom is 0.124 e. The highest BCUT2D eigenvalue weighted by atomic mass is 16.5. The molecule has 1 fully saturated rings. The Morgan fingerprint density at radius 1 is 1.41 bits per heavy atom. The molecule has 94 valence electrons. The van der Waals surface area contributed by atoms with Crippen molar-refractivity contribution in [1.29, 1.82) is 0 Å². The quantitative estimate of drug-likeness (QED) is 0.874. The molecule has 2 atom stereocenters. The molecule has 1 heterocycles. The Morgan fingerprint density at radius 3 is 2.71 bits per heavy atom. The first kappa shape index (κ1) is 12.4. The Balaban J connectivity index is 2.32. The van der Waals surface area contributed by atoms with Crippen molar-refractivity contribution in [3.63, 3.8) is 0 Å². The van der Waals surface area contributed by atoms with E-state index in [0.29, 0.717) is 5.92 Å². The summed E-state index contributed by atoms with van der Waals surface area (Å²) in [6.07, 6.45) is 0.214. The fraction of sp³-hybridized carbons (Fsp3) is 0.571. The maximum absolute atomic E-state index is 5.83. The summed E-state index contributed by atoms with van der Waals surface area (Å²) in [5.41, 5.74) is 2.47. The third kappa shape index (κ3) is 2.61. The summed E-state index contributed by atoms with van der Waals surface area (Å²) in [6, 6.07) is 6.36. The maximum atomic E-state index is 5.83. The van der Waals surface area contributed by atoms with E-state index in [4.69, 9.17) is 9.47 Å². The molecule has 0 saturated carbocycles. The summed E-state index contributed by atoms with van der Waals surface area (Å²) in [4.78, 5) is 0. The van der Waals surface area contributed by atoms with Crippen LogP contribution in [-0.2, 0) is 4.74 Å². The first-order valence-electron chi connectivity index (χ1n) is 6.18. The van der Waals surface area contributed by atoms with Crippen LogP contribution in [0.2, 0.25) is 0 Å². The van der Waals surface area contributed by atoms with Gasteiger partial charge in [0.05, 0.1) is 7.11 Å². The van der Waals surface area contributed by atoms with Crippen LogP contribution in [-0.4, -0.2) is 19.9 Å². The standard InChI is InChI=1S/C14H21NO2/c1-9(2)11-5-6-13(16-4)12(7-11)14-8-15-10(3)17-14/h5-7,9-10,14-15H,8H2,1-4H3. The average Bonchev–Trinajstić information content (AvgIpc) is 2.74. The molecule has 0 spiro atoms. The van der Waals surface area contributed by atoms with Crippen molar-refractivity contribution in [3.05, 3.63) is 29.3 Å². The van der Waals surface area contributed by atoms with Gasteiger partial charge in [0.2, 0.25) is 0 Å². The Bertz CT molecular complexity index is 390. The van der Waals surface area contributed by atoms with Gasteiger partial charge in [0.25, 0.3) is 0 Å². The number of methoxy groups -OCH3 is 1. The van der Waals surface area contributed by atoms with E-state index in [-0.39, 0.29) is 12.3 Å². The molecular formula is C14H21NO2. The van der Waals surface area contributed by atoms with Gasteiger partial charge < -0.3 is 9.47 Å². The predicted molar refractivity (Wildman–Crippen MR) is 68.4 cm³/mol. The van der Waals surface area contributed by atoms with Crippen molar-refractivity contribution < 1.29 is 9.47 Å². The number of rotatable bonds is 3. The summed E-state index contributed by atoms with van der Waals surface area (Å²) in [6.45, 7) is 7.27. The molecule has 1 aliphatic rings. The van der Waals surface area contributed by atoms with Gasteiger partial charge >= 0.3 is 0 Å². The van der Waals surface area contributed by atoms with Crippen LogP contribution in [0.15, 0.2) is 18.2 Å². The summed E-state index contributed by atoms with van der Waals surface area (Å²) >= 11 is 0. The molecule has 0 bridgehead atoms.